The monoisotopic (exact) mass is 1060 g/mol. The van der Waals surface area contributed by atoms with Crippen LogP contribution >= 0.6 is 0 Å². The molecule has 2 aliphatic carbocycles. The lowest BCUT2D eigenvalue weighted by Crippen LogP contribution is -2.14. The van der Waals surface area contributed by atoms with E-state index in [0.717, 1.165) is 77.8 Å². The van der Waals surface area contributed by atoms with Gasteiger partial charge in [-0.05, 0) is 155 Å². The lowest BCUT2D eigenvalue weighted by atomic mass is 9.77. The summed E-state index contributed by atoms with van der Waals surface area (Å²) in [6, 6.07) is 81.4. The first kappa shape index (κ1) is 48.8. The Labute approximate surface area is 479 Å². The first-order valence-electron chi connectivity index (χ1n) is 30.0. The van der Waals surface area contributed by atoms with Gasteiger partial charge in [-0.2, -0.15) is 0 Å². The van der Waals surface area contributed by atoms with Gasteiger partial charge in [-0.15, -0.1) is 0 Å². The Morgan fingerprint density at radius 2 is 0.646 bits per heavy atom. The molecule has 0 N–H and O–H groups in total. The topological polar surface area (TPSA) is 32.8 Å². The number of anilines is 6. The predicted octanol–water partition coefficient (Wildman–Crippen LogP) is 23.4. The maximum atomic E-state index is 7.36. The third-order valence-corrected chi connectivity index (χ3v) is 18.9. The highest BCUT2D eigenvalue weighted by atomic mass is 16.3. The van der Waals surface area contributed by atoms with Gasteiger partial charge < -0.3 is 18.6 Å². The Morgan fingerprint density at radius 1 is 0.293 bits per heavy atom. The lowest BCUT2D eigenvalue weighted by Gasteiger charge is -2.33. The standard InChI is InChI=1S/C78H64N2O2/c1-49-23-15-17-33-55(49)59-35-19-37-61-63-39-21-41-69(77(63)81-75(59)61)79(53-29-11-5-12-30-53)71-47-67(51-25-7-3-8-26-51)57-44-46-66-72(48-68(52-27-9-4-10-28-52)58-43-45-65(71)73(57)74(58)66)80(54-31-13-6-14-32-54)70-42-22-40-64-62-38-20-36-60(76(62)82-78(64)70)56-34-18-16-24-50(56)2/h5-6,11-24,29-48,51-52H,3-4,7-10,25-28H2,1-2H3. The van der Waals surface area contributed by atoms with Gasteiger partial charge in [-0.25, -0.2) is 0 Å². The van der Waals surface area contributed by atoms with Crippen molar-refractivity contribution < 1.29 is 8.83 Å². The fourth-order valence-corrected chi connectivity index (χ4v) is 15.0. The highest BCUT2D eigenvalue weighted by Gasteiger charge is 2.31. The van der Waals surface area contributed by atoms with Gasteiger partial charge in [0.1, 0.15) is 11.2 Å². The highest BCUT2D eigenvalue weighted by Crippen LogP contribution is 2.55. The lowest BCUT2D eigenvalue weighted by molar-refractivity contribution is 0.445. The zero-order valence-electron chi connectivity index (χ0n) is 46.7. The minimum atomic E-state index is 0.432. The van der Waals surface area contributed by atoms with E-state index in [2.05, 4.69) is 242 Å². The fourth-order valence-electron chi connectivity index (χ4n) is 15.0. The second-order valence-corrected chi connectivity index (χ2v) is 23.6. The van der Waals surface area contributed by atoms with E-state index < -0.39 is 0 Å². The molecule has 2 aliphatic rings. The van der Waals surface area contributed by atoms with E-state index in [4.69, 9.17) is 8.83 Å². The molecule has 0 unspecified atom stereocenters. The van der Waals surface area contributed by atoms with Gasteiger partial charge in [0.15, 0.2) is 11.2 Å². The highest BCUT2D eigenvalue weighted by molar-refractivity contribution is 6.30. The van der Waals surface area contributed by atoms with E-state index in [1.54, 1.807) is 0 Å². The summed E-state index contributed by atoms with van der Waals surface area (Å²) in [6.07, 6.45) is 12.3. The van der Waals surface area contributed by atoms with Crippen LogP contribution in [0.4, 0.5) is 34.1 Å². The number of aryl methyl sites for hydroxylation is 2. The predicted molar refractivity (Wildman–Crippen MR) is 346 cm³/mol. The smallest absolute Gasteiger partial charge is 0.159 e. The molecule has 0 radical (unpaired) electrons. The van der Waals surface area contributed by atoms with Crippen LogP contribution in [0.2, 0.25) is 0 Å². The molecular weight excluding hydrogens is 997 g/mol. The van der Waals surface area contributed by atoms with Crippen LogP contribution in [0.1, 0.15) is 98.3 Å². The van der Waals surface area contributed by atoms with Crippen LogP contribution in [0.25, 0.3) is 98.4 Å². The summed E-state index contributed by atoms with van der Waals surface area (Å²) in [5, 5.41) is 12.4. The Kier molecular flexibility index (Phi) is 11.8. The van der Waals surface area contributed by atoms with Gasteiger partial charge in [0.2, 0.25) is 0 Å². The maximum Gasteiger partial charge on any atom is 0.159 e. The molecule has 2 heterocycles. The zero-order valence-corrected chi connectivity index (χ0v) is 46.7. The average molecular weight is 1060 g/mol. The molecule has 82 heavy (non-hydrogen) atoms. The molecule has 12 aromatic carbocycles. The van der Waals surface area contributed by atoms with Crippen molar-refractivity contribution in [3.05, 3.63) is 241 Å². The molecule has 398 valence electrons. The van der Waals surface area contributed by atoms with E-state index in [1.807, 2.05) is 0 Å². The summed E-state index contributed by atoms with van der Waals surface area (Å²) >= 11 is 0. The second kappa shape index (κ2) is 19.8. The van der Waals surface area contributed by atoms with Crippen molar-refractivity contribution in [2.75, 3.05) is 9.80 Å². The number of benzene rings is 12. The Balaban J connectivity index is 0.999. The summed E-state index contributed by atoms with van der Waals surface area (Å²) in [7, 11) is 0. The Bertz CT molecular complexity index is 4440. The molecular formula is C78H64N2O2. The minimum absolute atomic E-state index is 0.432. The van der Waals surface area contributed by atoms with E-state index in [1.165, 1.54) is 141 Å². The quantitative estimate of drug-likeness (QED) is 0.128. The van der Waals surface area contributed by atoms with Crippen molar-refractivity contribution in [2.24, 2.45) is 0 Å². The van der Waals surface area contributed by atoms with Gasteiger partial charge >= 0.3 is 0 Å². The van der Waals surface area contributed by atoms with Crippen LogP contribution in [0.15, 0.2) is 227 Å². The minimum Gasteiger partial charge on any atom is -0.453 e. The van der Waals surface area contributed by atoms with Crippen LogP contribution in [0.5, 0.6) is 0 Å². The number of furan rings is 2. The SMILES string of the molecule is Cc1ccccc1-c1cccc2c1oc1c(N(c3ccccc3)c3cc(C4CCCCC4)c4ccc5c(N(c6ccccc6)c6cccc7c6oc6c(-c8ccccc8C)cccc67)cc(C6CCCCC6)c6ccc3c4c65)cccc12. The first-order chi connectivity index (χ1) is 40.6. The molecule has 0 bridgehead atoms. The zero-order chi connectivity index (χ0) is 54.4. The number of para-hydroxylation sites is 6. The Morgan fingerprint density at radius 3 is 1.06 bits per heavy atom. The second-order valence-electron chi connectivity index (χ2n) is 23.6. The summed E-state index contributed by atoms with van der Waals surface area (Å²) in [6.45, 7) is 4.39. The number of hydrogen-bond acceptors (Lipinski definition) is 4. The normalized spacial score (nSPS) is 14.6. The molecule has 14 aromatic rings. The molecule has 0 saturated heterocycles. The van der Waals surface area contributed by atoms with Crippen molar-refractivity contribution in [2.45, 2.75) is 89.9 Å². The van der Waals surface area contributed by atoms with Gasteiger partial charge in [0, 0.05) is 54.8 Å². The molecule has 0 atom stereocenters. The van der Waals surface area contributed by atoms with Crippen molar-refractivity contribution in [3.8, 4) is 22.3 Å². The number of hydrogen-bond donors (Lipinski definition) is 0. The van der Waals surface area contributed by atoms with Gasteiger partial charge in [0.05, 0.1) is 22.7 Å². The molecule has 0 spiro atoms. The van der Waals surface area contributed by atoms with Crippen LogP contribution in [-0.4, -0.2) is 0 Å². The Hall–Kier alpha value is -9.12. The molecule has 4 nitrogen and oxygen atoms in total. The summed E-state index contributed by atoms with van der Waals surface area (Å²) < 4.78 is 14.7. The van der Waals surface area contributed by atoms with Crippen LogP contribution in [-0.2, 0) is 0 Å². The molecule has 4 heteroatoms. The molecule has 2 saturated carbocycles. The maximum absolute atomic E-state index is 7.36. The fraction of sp³-hybridized carbons (Fsp3) is 0.179. The summed E-state index contributed by atoms with van der Waals surface area (Å²) in [4.78, 5) is 5.06. The molecule has 2 fully saturated rings. The van der Waals surface area contributed by atoms with E-state index in [-0.39, 0.29) is 0 Å². The average Bonchev–Trinajstić information content (AvgIpc) is 3.35. The van der Waals surface area contributed by atoms with Crippen LogP contribution in [0.3, 0.4) is 0 Å². The van der Waals surface area contributed by atoms with Crippen molar-refractivity contribution >= 4 is 110 Å². The largest absolute Gasteiger partial charge is 0.453 e. The third kappa shape index (κ3) is 7.78. The van der Waals surface area contributed by atoms with E-state index >= 15 is 0 Å². The van der Waals surface area contributed by atoms with Crippen molar-refractivity contribution in [3.63, 3.8) is 0 Å². The third-order valence-electron chi connectivity index (χ3n) is 18.9. The molecule has 0 amide bonds. The molecule has 0 aliphatic heterocycles. The van der Waals surface area contributed by atoms with Crippen molar-refractivity contribution in [1.29, 1.82) is 0 Å². The van der Waals surface area contributed by atoms with Gasteiger partial charge in [0.25, 0.3) is 0 Å². The van der Waals surface area contributed by atoms with Crippen LogP contribution in [0, 0.1) is 13.8 Å². The van der Waals surface area contributed by atoms with E-state index in [9.17, 15) is 0 Å². The van der Waals surface area contributed by atoms with Crippen LogP contribution < -0.4 is 9.80 Å². The van der Waals surface area contributed by atoms with E-state index in [0.29, 0.717) is 11.8 Å². The van der Waals surface area contributed by atoms with Crippen molar-refractivity contribution in [1.82, 2.24) is 0 Å². The molecule has 16 rings (SSSR count). The molecule has 2 aromatic heterocycles. The first-order valence-corrected chi connectivity index (χ1v) is 30.0. The van der Waals surface area contributed by atoms with Gasteiger partial charge in [-0.3, -0.25) is 0 Å². The number of fused-ring (bicyclic) bond motifs is 6. The number of nitrogens with zero attached hydrogens (tertiary/aromatic N) is 2. The number of rotatable bonds is 10. The van der Waals surface area contributed by atoms with Gasteiger partial charge in [-0.1, -0.05) is 208 Å². The summed E-state index contributed by atoms with van der Waals surface area (Å²) in [5.41, 5.74) is 20.2. The summed E-state index contributed by atoms with van der Waals surface area (Å²) in [5.74, 6) is 0.864.